The van der Waals surface area contributed by atoms with Gasteiger partial charge in [0, 0.05) is 10.6 Å². The number of hydrogen-bond donors (Lipinski definition) is 4. The van der Waals surface area contributed by atoms with E-state index in [0.717, 1.165) is 4.57 Å². The molecule has 0 unspecified atom stereocenters. The smallest absolute Gasteiger partial charge is 0.399 e. The Labute approximate surface area is 176 Å². The van der Waals surface area contributed by atoms with Crippen LogP contribution in [0, 0.1) is 9.39 Å². The Hall–Kier alpha value is -2.49. The average Bonchev–Trinajstić information content (AvgIpc) is 2.68. The van der Waals surface area contributed by atoms with Crippen molar-refractivity contribution in [2.75, 3.05) is 25.1 Å². The average molecular weight is 524 g/mol. The first kappa shape index (κ1) is 22.8. The summed E-state index contributed by atoms with van der Waals surface area (Å²) in [7, 11) is 1.27. The summed E-state index contributed by atoms with van der Waals surface area (Å²) in [5.74, 6) is -1.57. The Bertz CT molecular complexity index is 1010. The number of aliphatic hydroxyl groups excluding tert-OH is 2. The molecule has 0 atom stereocenters. The molecule has 4 N–H and O–H groups in total. The second kappa shape index (κ2) is 10.3. The van der Waals surface area contributed by atoms with Gasteiger partial charge >= 0.3 is 17.3 Å². The van der Waals surface area contributed by atoms with E-state index in [9.17, 15) is 18.8 Å². The molecule has 2 aromatic rings. The van der Waals surface area contributed by atoms with Crippen molar-refractivity contribution in [3.63, 3.8) is 0 Å². The van der Waals surface area contributed by atoms with Crippen LogP contribution in [0.3, 0.4) is 0 Å². The fourth-order valence-corrected chi connectivity index (χ4v) is 2.71. The van der Waals surface area contributed by atoms with Crippen molar-refractivity contribution in [1.82, 2.24) is 14.6 Å². The van der Waals surface area contributed by atoms with Crippen molar-refractivity contribution in [2.24, 2.45) is 7.05 Å². The van der Waals surface area contributed by atoms with E-state index in [4.69, 9.17) is 14.9 Å². The zero-order chi connectivity index (χ0) is 21.6. The Morgan fingerprint density at radius 3 is 2.62 bits per heavy atom. The molecule has 2 rings (SSSR count). The Balaban J connectivity index is 2.53. The molecule has 0 spiro atoms. The van der Waals surface area contributed by atoms with Crippen LogP contribution in [0.25, 0.3) is 0 Å². The highest BCUT2D eigenvalue weighted by molar-refractivity contribution is 14.1. The molecule has 0 aliphatic heterocycles. The zero-order valence-electron chi connectivity index (χ0n) is 15.1. The van der Waals surface area contributed by atoms with E-state index in [1.165, 1.54) is 19.2 Å². The fraction of sp³-hybridized carbons (Fsp3) is 0.312. The highest BCUT2D eigenvalue weighted by atomic mass is 127. The van der Waals surface area contributed by atoms with Gasteiger partial charge in [-0.15, -0.1) is 0 Å². The number of benzene rings is 1. The third-order valence-electron chi connectivity index (χ3n) is 3.56. The summed E-state index contributed by atoms with van der Waals surface area (Å²) in [5.41, 5.74) is -0.0605. The Morgan fingerprint density at radius 2 is 2.00 bits per heavy atom. The second-order valence-corrected chi connectivity index (χ2v) is 6.76. The van der Waals surface area contributed by atoms with Gasteiger partial charge in [0.2, 0.25) is 5.75 Å². The number of halogens is 2. The lowest BCUT2D eigenvalue weighted by Crippen LogP contribution is -2.42. The van der Waals surface area contributed by atoms with Crippen LogP contribution in [0.15, 0.2) is 27.8 Å². The molecule has 11 nitrogen and oxygen atoms in total. The van der Waals surface area contributed by atoms with Gasteiger partial charge in [0.1, 0.15) is 5.82 Å². The molecule has 0 aliphatic rings. The van der Waals surface area contributed by atoms with E-state index >= 15 is 0 Å². The number of aliphatic hydroxyl groups is 2. The lowest BCUT2D eigenvalue weighted by atomic mass is 10.3. The number of hydrogen-bond acceptors (Lipinski definition) is 8. The maximum absolute atomic E-state index is 14.2. The third-order valence-corrected chi connectivity index (χ3v) is 4.23. The number of nitrogens with zero attached hydrogens (tertiary/aromatic N) is 2. The van der Waals surface area contributed by atoms with E-state index in [1.807, 2.05) is 28.1 Å². The third kappa shape index (κ3) is 5.53. The minimum Gasteiger partial charge on any atom is -0.399 e. The Kier molecular flexibility index (Phi) is 8.12. The number of carbonyl (C=O) groups excluding carboxylic acids is 1. The van der Waals surface area contributed by atoms with E-state index in [1.54, 1.807) is 6.07 Å². The summed E-state index contributed by atoms with van der Waals surface area (Å²) < 4.78 is 21.4. The molecular weight excluding hydrogens is 506 g/mol. The van der Waals surface area contributed by atoms with Crippen molar-refractivity contribution in [3.8, 4) is 5.75 Å². The molecule has 1 heterocycles. The molecule has 1 aromatic heterocycles. The summed E-state index contributed by atoms with van der Waals surface area (Å²) in [6.07, 6.45) is -1.21. The van der Waals surface area contributed by atoms with Crippen molar-refractivity contribution < 1.29 is 29.0 Å². The highest BCUT2D eigenvalue weighted by Crippen LogP contribution is 2.25. The first-order chi connectivity index (χ1) is 13.8. The van der Waals surface area contributed by atoms with Gasteiger partial charge in [-0.05, 0) is 40.8 Å². The standard InChI is InChI=1S/C16H18FIN4O7/c1-21-13(19-11-3-2-9(18)8-10(11)17)12(29-15(26)20-28-7-6-24)14(25)22(4-5-23)16(21)27/h2-3,8,19,23-24H,4-7H2,1H3,(H,20,26). The summed E-state index contributed by atoms with van der Waals surface area (Å²) >= 11 is 1.91. The number of hydroxylamine groups is 1. The van der Waals surface area contributed by atoms with Gasteiger partial charge in [-0.25, -0.2) is 14.0 Å². The molecule has 0 radical (unpaired) electrons. The van der Waals surface area contributed by atoms with Gasteiger partial charge in [-0.3, -0.25) is 18.8 Å². The van der Waals surface area contributed by atoms with E-state index in [-0.39, 0.29) is 31.3 Å². The molecule has 0 aliphatic carbocycles. The maximum Gasteiger partial charge on any atom is 0.437 e. The van der Waals surface area contributed by atoms with Crippen LogP contribution in [0.2, 0.25) is 0 Å². The molecule has 13 heteroatoms. The molecular formula is C16H18FIN4O7. The van der Waals surface area contributed by atoms with E-state index < -0.39 is 35.5 Å². The normalized spacial score (nSPS) is 10.7. The minimum absolute atomic E-state index is 0.0680. The summed E-state index contributed by atoms with van der Waals surface area (Å²) in [6.45, 7) is -1.46. The highest BCUT2D eigenvalue weighted by Gasteiger charge is 2.22. The first-order valence-corrected chi connectivity index (χ1v) is 9.25. The van der Waals surface area contributed by atoms with Crippen molar-refractivity contribution in [1.29, 1.82) is 0 Å². The van der Waals surface area contributed by atoms with Gasteiger partial charge in [-0.2, -0.15) is 5.48 Å². The predicted molar refractivity (Wildman–Crippen MR) is 108 cm³/mol. The molecule has 0 bridgehead atoms. The summed E-state index contributed by atoms with van der Waals surface area (Å²) in [6, 6.07) is 4.20. The molecule has 158 valence electrons. The number of rotatable bonds is 8. The van der Waals surface area contributed by atoms with Crippen molar-refractivity contribution in [3.05, 3.63) is 48.4 Å². The van der Waals surface area contributed by atoms with E-state index in [0.29, 0.717) is 8.14 Å². The van der Waals surface area contributed by atoms with Gasteiger partial charge in [0.15, 0.2) is 5.82 Å². The number of ether oxygens (including phenoxy) is 1. The molecule has 0 saturated heterocycles. The van der Waals surface area contributed by atoms with Gasteiger partial charge < -0.3 is 20.3 Å². The molecule has 1 aromatic carbocycles. The number of anilines is 2. The van der Waals surface area contributed by atoms with Crippen LogP contribution < -0.4 is 26.8 Å². The lowest BCUT2D eigenvalue weighted by Gasteiger charge is -2.17. The topological polar surface area (TPSA) is 144 Å². The van der Waals surface area contributed by atoms with Crippen LogP contribution in [0.1, 0.15) is 0 Å². The number of aromatic nitrogens is 2. The van der Waals surface area contributed by atoms with Crippen LogP contribution >= 0.6 is 22.6 Å². The maximum atomic E-state index is 14.2. The summed E-state index contributed by atoms with van der Waals surface area (Å²) in [5, 5.41) is 20.3. The quantitative estimate of drug-likeness (QED) is 0.215. The molecule has 29 heavy (non-hydrogen) atoms. The van der Waals surface area contributed by atoms with Crippen molar-refractivity contribution >= 4 is 40.2 Å². The fourth-order valence-electron chi connectivity index (χ4n) is 2.26. The van der Waals surface area contributed by atoms with Crippen LogP contribution in [-0.4, -0.2) is 45.3 Å². The first-order valence-electron chi connectivity index (χ1n) is 8.17. The van der Waals surface area contributed by atoms with Gasteiger partial charge in [0.05, 0.1) is 32.1 Å². The van der Waals surface area contributed by atoms with E-state index in [2.05, 4.69) is 10.2 Å². The van der Waals surface area contributed by atoms with Crippen LogP contribution in [0.5, 0.6) is 5.75 Å². The van der Waals surface area contributed by atoms with Crippen molar-refractivity contribution in [2.45, 2.75) is 6.54 Å². The lowest BCUT2D eigenvalue weighted by molar-refractivity contribution is 0.0244. The largest absolute Gasteiger partial charge is 0.437 e. The number of nitrogens with one attached hydrogen (secondary N) is 2. The summed E-state index contributed by atoms with van der Waals surface area (Å²) in [4.78, 5) is 41.6. The molecule has 0 fully saturated rings. The predicted octanol–water partition coefficient (Wildman–Crippen LogP) is 0.0389. The second-order valence-electron chi connectivity index (χ2n) is 5.51. The number of carbonyl (C=O) groups is 1. The van der Waals surface area contributed by atoms with Gasteiger partial charge in [0.25, 0.3) is 0 Å². The molecule has 1 amide bonds. The molecule has 0 saturated carbocycles. The zero-order valence-corrected chi connectivity index (χ0v) is 17.3. The minimum atomic E-state index is -1.21. The van der Waals surface area contributed by atoms with Gasteiger partial charge in [-0.1, -0.05) is 0 Å². The monoisotopic (exact) mass is 524 g/mol. The van der Waals surface area contributed by atoms with Crippen LogP contribution in [0.4, 0.5) is 20.7 Å². The number of amides is 1. The SMILES string of the molecule is Cn1c(Nc2ccc(I)cc2F)c(OC(=O)NOCCO)c(=O)n(CCO)c1=O. The Morgan fingerprint density at radius 1 is 1.28 bits per heavy atom. The van der Waals surface area contributed by atoms with Crippen LogP contribution in [-0.2, 0) is 18.4 Å².